The molecule has 4 aliphatic rings. The van der Waals surface area contributed by atoms with E-state index < -0.39 is 17.8 Å². The van der Waals surface area contributed by atoms with Crippen molar-refractivity contribution in [1.29, 1.82) is 0 Å². The smallest absolute Gasteiger partial charge is 0.416 e. The predicted molar refractivity (Wildman–Crippen MR) is 141 cm³/mol. The van der Waals surface area contributed by atoms with E-state index in [9.17, 15) is 27.9 Å². The number of rotatable bonds is 6. The number of carbonyl (C=O) groups is 2. The molecular weight excluding hydrogens is 507 g/mol. The van der Waals surface area contributed by atoms with Crippen LogP contribution in [0.2, 0.25) is 0 Å². The Morgan fingerprint density at radius 3 is 2.62 bits per heavy atom. The maximum atomic E-state index is 13.5. The maximum Gasteiger partial charge on any atom is 0.416 e. The molecule has 3 fully saturated rings. The lowest BCUT2D eigenvalue weighted by molar-refractivity contribution is -0.142. The highest BCUT2D eigenvalue weighted by Crippen LogP contribution is 2.67. The predicted octanol–water partition coefficient (Wildman–Crippen LogP) is 5.73. The molecule has 0 aromatic heterocycles. The summed E-state index contributed by atoms with van der Waals surface area (Å²) in [6, 6.07) is 4.59. The van der Waals surface area contributed by atoms with E-state index in [2.05, 4.69) is 26.1 Å². The van der Waals surface area contributed by atoms with Crippen molar-refractivity contribution >= 4 is 11.7 Å². The zero-order valence-corrected chi connectivity index (χ0v) is 22.8. The molecule has 1 amide bonds. The fourth-order valence-corrected chi connectivity index (χ4v) is 8.58. The van der Waals surface area contributed by atoms with Crippen LogP contribution in [0.15, 0.2) is 48.1 Å². The molecule has 1 aromatic rings. The van der Waals surface area contributed by atoms with Crippen LogP contribution in [0, 0.1) is 40.4 Å². The monoisotopic (exact) mass is 545 g/mol. The lowest BCUT2D eigenvalue weighted by Gasteiger charge is -2.58. The number of fused-ring (bicyclic) bond motifs is 5. The van der Waals surface area contributed by atoms with Crippen LogP contribution in [0.25, 0.3) is 0 Å². The van der Waals surface area contributed by atoms with Gasteiger partial charge in [-0.25, -0.2) is 0 Å². The molecule has 8 atom stereocenters. The summed E-state index contributed by atoms with van der Waals surface area (Å²) in [5.41, 5.74) is -0.234. The third-order valence-corrected chi connectivity index (χ3v) is 10.2. The summed E-state index contributed by atoms with van der Waals surface area (Å²) in [5, 5.41) is 14.6. The number of amides is 1. The van der Waals surface area contributed by atoms with Crippen molar-refractivity contribution < 1.29 is 32.6 Å². The molecule has 0 spiro atoms. The normalized spacial score (nSPS) is 37.4. The summed E-state index contributed by atoms with van der Waals surface area (Å²) in [7, 11) is 0. The van der Waals surface area contributed by atoms with Crippen molar-refractivity contribution in [3.63, 3.8) is 0 Å². The number of benzene rings is 1. The first-order chi connectivity index (χ1) is 18.3. The summed E-state index contributed by atoms with van der Waals surface area (Å²) in [4.78, 5) is 25.5. The van der Waals surface area contributed by atoms with Gasteiger partial charge in [-0.2, -0.15) is 13.2 Å². The Labute approximate surface area is 227 Å². The highest BCUT2D eigenvalue weighted by atomic mass is 19.4. The summed E-state index contributed by atoms with van der Waals surface area (Å²) in [6.45, 7) is 7.14. The molecule has 212 valence electrons. The highest BCUT2D eigenvalue weighted by molar-refractivity contribution is 6.01. The first-order valence-corrected chi connectivity index (χ1v) is 14.0. The topological polar surface area (TPSA) is 75.6 Å². The Bertz CT molecular complexity index is 1180. The number of halogens is 3. The molecule has 0 heterocycles. The van der Waals surface area contributed by atoms with Gasteiger partial charge in [0, 0.05) is 23.8 Å². The maximum absolute atomic E-state index is 13.5. The summed E-state index contributed by atoms with van der Waals surface area (Å²) >= 11 is 0. The molecule has 5 rings (SSSR count). The minimum absolute atomic E-state index is 0.00144. The lowest BCUT2D eigenvalue weighted by atomic mass is 9.47. The van der Waals surface area contributed by atoms with Crippen LogP contribution in [-0.2, 0) is 15.8 Å². The van der Waals surface area contributed by atoms with E-state index in [0.717, 1.165) is 37.0 Å². The zero-order chi connectivity index (χ0) is 28.2. The van der Waals surface area contributed by atoms with Crippen LogP contribution in [0.4, 0.5) is 13.2 Å². The number of allylic oxidation sites excluding steroid dienone is 4. The van der Waals surface area contributed by atoms with Crippen LogP contribution in [0.1, 0.15) is 58.4 Å². The van der Waals surface area contributed by atoms with Gasteiger partial charge in [0.2, 0.25) is 5.91 Å². The van der Waals surface area contributed by atoms with Gasteiger partial charge >= 0.3 is 6.18 Å². The van der Waals surface area contributed by atoms with Gasteiger partial charge in [-0.1, -0.05) is 32.4 Å². The number of aliphatic hydroxyl groups excluding tert-OH is 1. The Balaban J connectivity index is 1.19. The Morgan fingerprint density at radius 1 is 1.21 bits per heavy atom. The minimum Gasteiger partial charge on any atom is -0.494 e. The van der Waals surface area contributed by atoms with Crippen molar-refractivity contribution in [3.8, 4) is 5.75 Å². The van der Waals surface area contributed by atoms with Gasteiger partial charge in [-0.15, -0.1) is 0 Å². The van der Waals surface area contributed by atoms with Crippen LogP contribution in [0.3, 0.4) is 0 Å². The first-order valence-electron chi connectivity index (χ1n) is 14.0. The van der Waals surface area contributed by atoms with Gasteiger partial charge in [0.15, 0.2) is 5.78 Å². The van der Waals surface area contributed by atoms with E-state index in [4.69, 9.17) is 4.74 Å². The molecule has 1 aromatic carbocycles. The van der Waals surface area contributed by atoms with Crippen molar-refractivity contribution in [2.24, 2.45) is 40.4 Å². The van der Waals surface area contributed by atoms with Crippen LogP contribution < -0.4 is 10.1 Å². The second-order valence-electron chi connectivity index (χ2n) is 12.5. The largest absolute Gasteiger partial charge is 0.494 e. The van der Waals surface area contributed by atoms with E-state index >= 15 is 0 Å². The van der Waals surface area contributed by atoms with Crippen molar-refractivity contribution in [2.45, 2.75) is 65.2 Å². The molecule has 2 N–H and O–H groups in total. The molecule has 7 unspecified atom stereocenters. The Kier molecular flexibility index (Phi) is 7.23. The Morgan fingerprint density at radius 2 is 1.92 bits per heavy atom. The Hall–Kier alpha value is -2.61. The number of hydrogen-bond donors (Lipinski definition) is 2. The molecule has 0 aliphatic heterocycles. The quantitative estimate of drug-likeness (QED) is 0.448. The second-order valence-corrected chi connectivity index (χ2v) is 12.5. The van der Waals surface area contributed by atoms with Crippen LogP contribution >= 0.6 is 0 Å². The number of carbonyl (C=O) groups excluding carboxylic acids is 2. The fraction of sp³-hybridized carbons (Fsp3) is 0.613. The number of hydrogen-bond acceptors (Lipinski definition) is 4. The number of alkyl halides is 3. The van der Waals surface area contributed by atoms with E-state index in [1.807, 2.05) is 6.08 Å². The number of aliphatic hydroxyl groups is 1. The van der Waals surface area contributed by atoms with E-state index in [-0.39, 0.29) is 52.8 Å². The van der Waals surface area contributed by atoms with E-state index in [1.165, 1.54) is 12.1 Å². The second kappa shape index (κ2) is 10.1. The van der Waals surface area contributed by atoms with Crippen molar-refractivity contribution in [1.82, 2.24) is 5.32 Å². The molecule has 4 aliphatic carbocycles. The molecule has 8 heteroatoms. The molecule has 0 saturated heterocycles. The molecule has 0 bridgehead atoms. The van der Waals surface area contributed by atoms with Gasteiger partial charge < -0.3 is 15.2 Å². The average molecular weight is 546 g/mol. The fourth-order valence-electron chi connectivity index (χ4n) is 8.58. The molecule has 5 nitrogen and oxygen atoms in total. The first kappa shape index (κ1) is 27.9. The SMILES string of the molecule is C[C@@H]1CC2C3CCC4=CC(=O)C=CC4(C)C3C(O)CC2(C)C1C(=O)NCCCOc1ccc(C(F)(F)F)cc1. The third kappa shape index (κ3) is 4.94. The molecule has 39 heavy (non-hydrogen) atoms. The molecule has 3 saturated carbocycles. The molecular formula is C31H38F3NO4. The standard InChI is InChI=1S/C31H38F3NO4/c1-18-15-24-23-10-7-20-16-21(36)11-12-29(20,2)27(23)25(37)17-30(24,3)26(18)28(38)35-13-4-14-39-22-8-5-19(6-9-22)31(32,33)34/h5-6,8-9,11-12,16,18,23-27,37H,4,7,10,13-15,17H2,1-3H3,(H,35,38)/t18-,23?,24?,25?,26?,27?,29?,30?/m1/s1. The van der Waals surface area contributed by atoms with Crippen LogP contribution in [-0.4, -0.2) is 36.1 Å². The summed E-state index contributed by atoms with van der Waals surface area (Å²) in [5.74, 6) is 1.00. The van der Waals surface area contributed by atoms with E-state index in [1.54, 1.807) is 12.2 Å². The minimum atomic E-state index is -4.38. The summed E-state index contributed by atoms with van der Waals surface area (Å²) in [6.07, 6.45) is 4.26. The lowest BCUT2D eigenvalue weighted by Crippen LogP contribution is -2.57. The highest BCUT2D eigenvalue weighted by Gasteiger charge is 2.64. The van der Waals surface area contributed by atoms with Crippen molar-refractivity contribution in [3.05, 3.63) is 53.6 Å². The third-order valence-electron chi connectivity index (χ3n) is 10.2. The molecule has 0 radical (unpaired) electrons. The number of ketones is 1. The van der Waals surface area contributed by atoms with Gasteiger partial charge in [-0.3, -0.25) is 9.59 Å². The average Bonchev–Trinajstić information content (AvgIpc) is 3.13. The van der Waals surface area contributed by atoms with Crippen molar-refractivity contribution in [2.75, 3.05) is 13.2 Å². The van der Waals surface area contributed by atoms with Gasteiger partial charge in [0.1, 0.15) is 5.75 Å². The van der Waals surface area contributed by atoms with Gasteiger partial charge in [0.05, 0.1) is 18.3 Å². The summed E-state index contributed by atoms with van der Waals surface area (Å²) < 4.78 is 43.7. The van der Waals surface area contributed by atoms with Gasteiger partial charge in [0.25, 0.3) is 0 Å². The number of nitrogens with one attached hydrogen (secondary N) is 1. The number of ether oxygens (including phenoxy) is 1. The van der Waals surface area contributed by atoms with Gasteiger partial charge in [-0.05, 0) is 91.7 Å². The zero-order valence-electron chi connectivity index (χ0n) is 22.8. The van der Waals surface area contributed by atoms with E-state index in [0.29, 0.717) is 31.1 Å². The van der Waals surface area contributed by atoms with Crippen LogP contribution in [0.5, 0.6) is 5.75 Å².